The normalized spacial score (nSPS) is 23.9. The summed E-state index contributed by atoms with van der Waals surface area (Å²) in [5.41, 5.74) is 2.57. The molecule has 0 radical (unpaired) electrons. The number of Topliss-reactive ketones (excluding diaryl/α,β-unsaturated/α-hetero) is 1. The summed E-state index contributed by atoms with van der Waals surface area (Å²) < 4.78 is 0. The van der Waals surface area contributed by atoms with Crippen molar-refractivity contribution in [2.24, 2.45) is 0 Å². The van der Waals surface area contributed by atoms with Gasteiger partial charge in [0.2, 0.25) is 5.91 Å². The van der Waals surface area contributed by atoms with Crippen molar-refractivity contribution in [2.75, 3.05) is 0 Å². The second kappa shape index (κ2) is 6.19. The van der Waals surface area contributed by atoms with Gasteiger partial charge in [0.1, 0.15) is 0 Å². The molecule has 5 heteroatoms. The number of benzene rings is 1. The highest BCUT2D eigenvalue weighted by atomic mass is 35.5. The first-order chi connectivity index (χ1) is 11.6. The molecule has 1 aliphatic heterocycles. The molecular formula is C19H16ClNO2S. The Morgan fingerprint density at radius 2 is 1.83 bits per heavy atom. The minimum absolute atomic E-state index is 0.0201. The number of carbonyl (C=O) groups excluding carboxylic acids is 2. The van der Waals surface area contributed by atoms with Crippen molar-refractivity contribution in [2.45, 2.75) is 31.1 Å². The number of carbonyl (C=O) groups is 2. The fourth-order valence-corrected chi connectivity index (χ4v) is 4.62. The number of thiophene rings is 1. The summed E-state index contributed by atoms with van der Waals surface area (Å²) in [5, 5.41) is 5.63. The number of allylic oxidation sites excluding steroid dienone is 2. The van der Waals surface area contributed by atoms with E-state index in [1.54, 1.807) is 11.3 Å². The Labute approximate surface area is 149 Å². The van der Waals surface area contributed by atoms with E-state index in [0.29, 0.717) is 17.9 Å². The number of rotatable bonds is 2. The van der Waals surface area contributed by atoms with Gasteiger partial charge in [-0.3, -0.25) is 9.59 Å². The third-order valence-electron chi connectivity index (χ3n) is 4.75. The molecule has 1 aromatic heterocycles. The zero-order chi connectivity index (χ0) is 16.7. The molecule has 122 valence electrons. The summed E-state index contributed by atoms with van der Waals surface area (Å²) in [6, 6.07) is 11.5. The molecule has 0 unspecified atom stereocenters. The highest BCUT2D eigenvalue weighted by Gasteiger charge is 2.38. The second-order valence-corrected chi connectivity index (χ2v) is 7.71. The van der Waals surface area contributed by atoms with Gasteiger partial charge in [0.05, 0.1) is 0 Å². The maximum absolute atomic E-state index is 12.9. The van der Waals surface area contributed by atoms with Gasteiger partial charge in [-0.25, -0.2) is 0 Å². The lowest BCUT2D eigenvalue weighted by Crippen LogP contribution is -2.38. The molecular weight excluding hydrogens is 342 g/mol. The lowest BCUT2D eigenvalue weighted by molar-refractivity contribution is -0.122. The van der Waals surface area contributed by atoms with Crippen LogP contribution in [0.2, 0.25) is 5.02 Å². The van der Waals surface area contributed by atoms with Crippen molar-refractivity contribution in [3.8, 4) is 0 Å². The molecule has 0 bridgehead atoms. The molecule has 4 rings (SSSR count). The van der Waals surface area contributed by atoms with E-state index in [4.69, 9.17) is 11.6 Å². The fraction of sp³-hybridized carbons (Fsp3) is 0.263. The van der Waals surface area contributed by atoms with Gasteiger partial charge in [0, 0.05) is 45.8 Å². The van der Waals surface area contributed by atoms with E-state index >= 15 is 0 Å². The Morgan fingerprint density at radius 1 is 1.04 bits per heavy atom. The summed E-state index contributed by atoms with van der Waals surface area (Å²) in [7, 11) is 0. The van der Waals surface area contributed by atoms with Gasteiger partial charge in [0.15, 0.2) is 5.78 Å². The van der Waals surface area contributed by atoms with E-state index in [-0.39, 0.29) is 23.5 Å². The number of nitrogens with one attached hydrogen (secondary N) is 1. The van der Waals surface area contributed by atoms with Crippen molar-refractivity contribution in [1.82, 2.24) is 5.32 Å². The SMILES string of the molecule is O=C1C[C@@H](c2ccc(Cl)cc2)C2=C(C[C@H](c3cccs3)CC2=O)N1. The van der Waals surface area contributed by atoms with Crippen LogP contribution in [-0.4, -0.2) is 11.7 Å². The topological polar surface area (TPSA) is 46.2 Å². The van der Waals surface area contributed by atoms with Crippen LogP contribution in [0, 0.1) is 0 Å². The average Bonchev–Trinajstić information content (AvgIpc) is 3.09. The van der Waals surface area contributed by atoms with Crippen molar-refractivity contribution in [3.05, 3.63) is 68.5 Å². The molecule has 0 saturated heterocycles. The summed E-state index contributed by atoms with van der Waals surface area (Å²) in [6.45, 7) is 0. The van der Waals surface area contributed by atoms with Crippen LogP contribution in [0.25, 0.3) is 0 Å². The van der Waals surface area contributed by atoms with Crippen molar-refractivity contribution in [1.29, 1.82) is 0 Å². The first-order valence-electron chi connectivity index (χ1n) is 7.97. The van der Waals surface area contributed by atoms with E-state index in [1.807, 2.05) is 35.7 Å². The third kappa shape index (κ3) is 2.80. The molecule has 2 aromatic rings. The lowest BCUT2D eigenvalue weighted by atomic mass is 9.75. The van der Waals surface area contributed by atoms with Crippen LogP contribution in [0.1, 0.15) is 41.5 Å². The van der Waals surface area contributed by atoms with Crippen LogP contribution in [0.5, 0.6) is 0 Å². The Kier molecular flexibility index (Phi) is 4.02. The molecule has 0 fully saturated rings. The average molecular weight is 358 g/mol. The first-order valence-corrected chi connectivity index (χ1v) is 9.22. The standard InChI is InChI=1S/C19H16ClNO2S/c20-13-5-3-11(4-6-13)14-10-18(23)21-15-8-12(9-16(22)19(14)15)17-2-1-7-24-17/h1-7,12,14H,8-10H2,(H,21,23)/t12-,14-/m0/s1. The van der Waals surface area contributed by atoms with E-state index in [0.717, 1.165) is 23.3 Å². The van der Waals surface area contributed by atoms with E-state index in [1.165, 1.54) is 4.88 Å². The maximum Gasteiger partial charge on any atom is 0.225 e. The predicted octanol–water partition coefficient (Wildman–Crippen LogP) is 4.41. The van der Waals surface area contributed by atoms with E-state index in [9.17, 15) is 9.59 Å². The van der Waals surface area contributed by atoms with Crippen LogP contribution in [0.4, 0.5) is 0 Å². The molecule has 2 atom stereocenters. The summed E-state index contributed by atoms with van der Waals surface area (Å²) >= 11 is 7.63. The Morgan fingerprint density at radius 3 is 2.54 bits per heavy atom. The van der Waals surface area contributed by atoms with Gasteiger partial charge in [0.25, 0.3) is 0 Å². The zero-order valence-corrected chi connectivity index (χ0v) is 14.5. The van der Waals surface area contributed by atoms with Crippen LogP contribution in [0.15, 0.2) is 53.0 Å². The number of ketones is 1. The van der Waals surface area contributed by atoms with Crippen LogP contribution >= 0.6 is 22.9 Å². The van der Waals surface area contributed by atoms with Gasteiger partial charge >= 0.3 is 0 Å². The highest BCUT2D eigenvalue weighted by molar-refractivity contribution is 7.10. The molecule has 1 aliphatic carbocycles. The van der Waals surface area contributed by atoms with Gasteiger partial charge in [-0.2, -0.15) is 0 Å². The monoisotopic (exact) mass is 357 g/mol. The van der Waals surface area contributed by atoms with Gasteiger partial charge in [-0.1, -0.05) is 29.8 Å². The molecule has 0 spiro atoms. The summed E-state index contributed by atoms with van der Waals surface area (Å²) in [6.07, 6.45) is 1.55. The minimum atomic E-state index is -0.164. The van der Waals surface area contributed by atoms with Crippen LogP contribution < -0.4 is 5.32 Å². The Bertz CT molecular complexity index is 824. The zero-order valence-electron chi connectivity index (χ0n) is 12.9. The minimum Gasteiger partial charge on any atom is -0.329 e. The maximum atomic E-state index is 12.9. The van der Waals surface area contributed by atoms with Crippen LogP contribution in [0.3, 0.4) is 0 Å². The molecule has 1 aromatic carbocycles. The van der Waals surface area contributed by atoms with E-state index in [2.05, 4.69) is 11.4 Å². The van der Waals surface area contributed by atoms with E-state index < -0.39 is 0 Å². The molecule has 2 heterocycles. The number of halogens is 1. The Hall–Kier alpha value is -1.91. The smallest absolute Gasteiger partial charge is 0.225 e. The van der Waals surface area contributed by atoms with Gasteiger partial charge in [-0.05, 0) is 35.6 Å². The fourth-order valence-electron chi connectivity index (χ4n) is 3.66. The summed E-state index contributed by atoms with van der Waals surface area (Å²) in [4.78, 5) is 26.3. The number of hydrogen-bond acceptors (Lipinski definition) is 3. The van der Waals surface area contributed by atoms with Gasteiger partial charge in [-0.15, -0.1) is 11.3 Å². The number of hydrogen-bond donors (Lipinski definition) is 1. The largest absolute Gasteiger partial charge is 0.329 e. The first kappa shape index (κ1) is 15.6. The molecule has 1 N–H and O–H groups in total. The molecule has 2 aliphatic rings. The van der Waals surface area contributed by atoms with Gasteiger partial charge < -0.3 is 5.32 Å². The van der Waals surface area contributed by atoms with Crippen molar-refractivity contribution < 1.29 is 9.59 Å². The van der Waals surface area contributed by atoms with Crippen molar-refractivity contribution in [3.63, 3.8) is 0 Å². The quantitative estimate of drug-likeness (QED) is 0.865. The number of amides is 1. The Balaban J connectivity index is 1.72. The molecule has 0 saturated carbocycles. The second-order valence-electron chi connectivity index (χ2n) is 6.29. The van der Waals surface area contributed by atoms with Crippen molar-refractivity contribution >= 4 is 34.6 Å². The predicted molar refractivity (Wildman–Crippen MR) is 95.3 cm³/mol. The van der Waals surface area contributed by atoms with Crippen LogP contribution in [-0.2, 0) is 9.59 Å². The third-order valence-corrected chi connectivity index (χ3v) is 6.04. The highest BCUT2D eigenvalue weighted by Crippen LogP contribution is 2.43. The molecule has 1 amide bonds. The molecule has 24 heavy (non-hydrogen) atoms. The lowest BCUT2D eigenvalue weighted by Gasteiger charge is -2.34. The summed E-state index contributed by atoms with van der Waals surface area (Å²) in [5.74, 6) is 0.131. The molecule has 3 nitrogen and oxygen atoms in total.